The number of rotatable bonds is 2. The van der Waals surface area contributed by atoms with Gasteiger partial charge in [0.05, 0.1) is 5.69 Å². The van der Waals surface area contributed by atoms with Crippen molar-refractivity contribution in [3.05, 3.63) is 24.3 Å². The maximum absolute atomic E-state index is 5.57. The number of aromatic nitrogens is 4. The SMILES string of the molecule is NC(N)=NC(N)=Nc1ccccc1-c1nn[nH]n1. The van der Waals surface area contributed by atoms with Crippen LogP contribution in [-0.2, 0) is 0 Å². The van der Waals surface area contributed by atoms with Crippen LogP contribution >= 0.6 is 0 Å². The number of tetrazole rings is 1. The lowest BCUT2D eigenvalue weighted by Crippen LogP contribution is -2.26. The van der Waals surface area contributed by atoms with Crippen LogP contribution in [-0.4, -0.2) is 32.5 Å². The van der Waals surface area contributed by atoms with Crippen LogP contribution in [0.1, 0.15) is 0 Å². The van der Waals surface area contributed by atoms with Crippen LogP contribution < -0.4 is 17.2 Å². The Bertz CT molecular complexity index is 580. The van der Waals surface area contributed by atoms with Gasteiger partial charge < -0.3 is 17.2 Å². The number of benzene rings is 1. The van der Waals surface area contributed by atoms with E-state index in [1.54, 1.807) is 18.2 Å². The van der Waals surface area contributed by atoms with E-state index in [-0.39, 0.29) is 11.9 Å². The molecule has 1 heterocycles. The summed E-state index contributed by atoms with van der Waals surface area (Å²) >= 11 is 0. The Kier molecular flexibility index (Phi) is 3.14. The molecule has 0 bridgehead atoms. The van der Waals surface area contributed by atoms with Crippen molar-refractivity contribution in [2.75, 3.05) is 0 Å². The number of hydrogen-bond acceptors (Lipinski definition) is 4. The highest BCUT2D eigenvalue weighted by atomic mass is 15.5. The third-order valence-electron chi connectivity index (χ3n) is 1.97. The molecule has 0 amide bonds. The second-order valence-corrected chi connectivity index (χ2v) is 3.26. The van der Waals surface area contributed by atoms with E-state index in [2.05, 4.69) is 30.6 Å². The fourth-order valence-corrected chi connectivity index (χ4v) is 1.32. The van der Waals surface area contributed by atoms with Gasteiger partial charge in [-0.15, -0.1) is 10.2 Å². The predicted octanol–water partition coefficient (Wildman–Crippen LogP) is -0.914. The number of nitrogens with two attached hydrogens (primary N) is 3. The predicted molar refractivity (Wildman–Crippen MR) is 66.7 cm³/mol. The van der Waals surface area contributed by atoms with Gasteiger partial charge in [0.2, 0.25) is 11.8 Å². The molecule has 92 valence electrons. The quantitative estimate of drug-likeness (QED) is 0.396. The highest BCUT2D eigenvalue weighted by Gasteiger charge is 2.08. The van der Waals surface area contributed by atoms with Crippen LogP contribution in [0.25, 0.3) is 11.4 Å². The highest BCUT2D eigenvalue weighted by Crippen LogP contribution is 2.26. The fourth-order valence-electron chi connectivity index (χ4n) is 1.32. The van der Waals surface area contributed by atoms with Crippen LogP contribution in [0.3, 0.4) is 0 Å². The summed E-state index contributed by atoms with van der Waals surface area (Å²) in [5.41, 5.74) is 17.2. The molecule has 0 aliphatic carbocycles. The summed E-state index contributed by atoms with van der Waals surface area (Å²) in [5, 5.41) is 13.6. The maximum Gasteiger partial charge on any atom is 0.223 e. The number of H-pyrrole nitrogens is 1. The summed E-state index contributed by atoms with van der Waals surface area (Å²) in [7, 11) is 0. The Morgan fingerprint density at radius 3 is 2.61 bits per heavy atom. The van der Waals surface area contributed by atoms with E-state index in [1.165, 1.54) is 0 Å². The molecule has 7 N–H and O–H groups in total. The molecular formula is C9H11N9. The molecule has 0 spiro atoms. The van der Waals surface area contributed by atoms with Crippen molar-refractivity contribution in [3.8, 4) is 11.4 Å². The zero-order valence-electron chi connectivity index (χ0n) is 9.28. The molecule has 0 atom stereocenters. The van der Waals surface area contributed by atoms with E-state index in [4.69, 9.17) is 17.2 Å². The molecule has 0 aliphatic rings. The van der Waals surface area contributed by atoms with Crippen LogP contribution in [0.2, 0.25) is 0 Å². The second-order valence-electron chi connectivity index (χ2n) is 3.26. The van der Waals surface area contributed by atoms with E-state index in [0.29, 0.717) is 17.1 Å². The molecule has 0 saturated carbocycles. The van der Waals surface area contributed by atoms with Gasteiger partial charge in [-0.25, -0.2) is 4.99 Å². The van der Waals surface area contributed by atoms with E-state index >= 15 is 0 Å². The van der Waals surface area contributed by atoms with Gasteiger partial charge in [-0.2, -0.15) is 10.2 Å². The van der Waals surface area contributed by atoms with E-state index in [0.717, 1.165) is 0 Å². The molecule has 2 aromatic rings. The lowest BCUT2D eigenvalue weighted by molar-refractivity contribution is 0.881. The van der Waals surface area contributed by atoms with Gasteiger partial charge in [-0.3, -0.25) is 0 Å². The van der Waals surface area contributed by atoms with Crippen LogP contribution in [0.15, 0.2) is 34.3 Å². The molecule has 0 unspecified atom stereocenters. The number of nitrogens with zero attached hydrogens (tertiary/aromatic N) is 5. The number of aromatic amines is 1. The Labute approximate surface area is 102 Å². The normalized spacial score (nSPS) is 11.2. The molecule has 0 fully saturated rings. The van der Waals surface area contributed by atoms with E-state index in [9.17, 15) is 0 Å². The molecule has 9 heteroatoms. The topological polar surface area (TPSA) is 157 Å². The summed E-state index contributed by atoms with van der Waals surface area (Å²) < 4.78 is 0. The molecule has 0 saturated heterocycles. The minimum absolute atomic E-state index is 0.0501. The number of nitrogens with one attached hydrogen (secondary N) is 1. The molecule has 1 aromatic carbocycles. The fraction of sp³-hybridized carbons (Fsp3) is 0. The minimum Gasteiger partial charge on any atom is -0.370 e. The van der Waals surface area contributed by atoms with Crippen LogP contribution in [0.5, 0.6) is 0 Å². The number of para-hydroxylation sites is 1. The van der Waals surface area contributed by atoms with Gasteiger partial charge in [-0.05, 0) is 17.3 Å². The molecule has 0 aliphatic heterocycles. The van der Waals surface area contributed by atoms with Crippen molar-refractivity contribution < 1.29 is 0 Å². The number of guanidine groups is 2. The molecule has 2 rings (SSSR count). The third kappa shape index (κ3) is 2.58. The second kappa shape index (κ2) is 4.91. The largest absolute Gasteiger partial charge is 0.370 e. The average Bonchev–Trinajstić information content (AvgIpc) is 2.81. The first kappa shape index (κ1) is 11.5. The Morgan fingerprint density at radius 1 is 1.17 bits per heavy atom. The average molecular weight is 245 g/mol. The monoisotopic (exact) mass is 245 g/mol. The summed E-state index contributed by atoms with van der Waals surface area (Å²) in [6.45, 7) is 0. The van der Waals surface area contributed by atoms with Crippen LogP contribution in [0, 0.1) is 0 Å². The van der Waals surface area contributed by atoms with Crippen molar-refractivity contribution >= 4 is 17.6 Å². The Morgan fingerprint density at radius 2 is 1.94 bits per heavy atom. The first-order chi connectivity index (χ1) is 8.66. The Balaban J connectivity index is 2.43. The number of aliphatic imine (C=N–C) groups is 2. The molecule has 0 radical (unpaired) electrons. The first-order valence-corrected chi connectivity index (χ1v) is 4.93. The zero-order valence-corrected chi connectivity index (χ0v) is 9.28. The lowest BCUT2D eigenvalue weighted by atomic mass is 10.2. The first-order valence-electron chi connectivity index (χ1n) is 4.93. The smallest absolute Gasteiger partial charge is 0.223 e. The van der Waals surface area contributed by atoms with Gasteiger partial charge in [0, 0.05) is 5.56 Å². The van der Waals surface area contributed by atoms with Crippen molar-refractivity contribution in [3.63, 3.8) is 0 Å². The zero-order chi connectivity index (χ0) is 13.0. The van der Waals surface area contributed by atoms with Crippen molar-refractivity contribution in [2.24, 2.45) is 27.2 Å². The van der Waals surface area contributed by atoms with Gasteiger partial charge in [0.15, 0.2) is 5.96 Å². The Hall–Kier alpha value is -2.97. The van der Waals surface area contributed by atoms with Gasteiger partial charge in [0.25, 0.3) is 0 Å². The summed E-state index contributed by atoms with van der Waals surface area (Å²) in [4.78, 5) is 7.71. The summed E-state index contributed by atoms with van der Waals surface area (Å²) in [6, 6.07) is 7.14. The lowest BCUT2D eigenvalue weighted by Gasteiger charge is -2.01. The van der Waals surface area contributed by atoms with Gasteiger partial charge in [0.1, 0.15) is 0 Å². The highest BCUT2D eigenvalue weighted by molar-refractivity contribution is 5.94. The van der Waals surface area contributed by atoms with Gasteiger partial charge >= 0.3 is 0 Å². The van der Waals surface area contributed by atoms with E-state index < -0.39 is 0 Å². The van der Waals surface area contributed by atoms with Gasteiger partial charge in [-0.1, -0.05) is 12.1 Å². The van der Waals surface area contributed by atoms with Crippen LogP contribution in [0.4, 0.5) is 5.69 Å². The van der Waals surface area contributed by atoms with Crippen molar-refractivity contribution in [1.29, 1.82) is 0 Å². The van der Waals surface area contributed by atoms with E-state index in [1.807, 2.05) is 6.07 Å². The third-order valence-corrected chi connectivity index (χ3v) is 1.97. The van der Waals surface area contributed by atoms with Crippen molar-refractivity contribution in [2.45, 2.75) is 0 Å². The molecular weight excluding hydrogens is 234 g/mol. The summed E-state index contributed by atoms with van der Waals surface area (Å²) in [6.07, 6.45) is 0. The molecule has 9 nitrogen and oxygen atoms in total. The minimum atomic E-state index is -0.159. The molecule has 18 heavy (non-hydrogen) atoms. The van der Waals surface area contributed by atoms with Crippen molar-refractivity contribution in [1.82, 2.24) is 20.6 Å². The number of hydrogen-bond donors (Lipinski definition) is 4. The summed E-state index contributed by atoms with van der Waals surface area (Å²) in [5.74, 6) is 0.200. The standard InChI is InChI=1S/C9H11N9/c10-8(11)14-9(12)13-6-4-2-1-3-5(6)7-15-17-18-16-7/h1-4H,(H,15,16,17,18)(H6,10,11,12,13,14). The maximum atomic E-state index is 5.57. The molecule has 1 aromatic heterocycles.